The zero-order valence-corrected chi connectivity index (χ0v) is 34.0. The van der Waals surface area contributed by atoms with E-state index in [1.165, 1.54) is 103 Å². The molecule has 0 bridgehead atoms. The molecule has 2 aliphatic rings. The predicted octanol–water partition coefficient (Wildman–Crippen LogP) is 16.4. The summed E-state index contributed by atoms with van der Waals surface area (Å²) < 4.78 is 2.59. The smallest absolute Gasteiger partial charge is 0.0725 e. The summed E-state index contributed by atoms with van der Waals surface area (Å²) in [6.45, 7) is 0. The van der Waals surface area contributed by atoms with Crippen LogP contribution in [0.15, 0.2) is 224 Å². The minimum Gasteiger partial charge on any atom is -0.309 e. The third-order valence-corrected chi connectivity index (χ3v) is 14.4. The number of para-hydroxylation sites is 1. The SMILES string of the molecule is c1ccc(N(c2ccc(-c3ccccc3-c3cccc4c3-c3ccccc3C43c4ccccc4-c4ccccc43)c3ccccc23)c2cccc3sc4ccccc4c23)cc1. The minimum absolute atomic E-state index is 0.393. The van der Waals surface area contributed by atoms with E-state index in [9.17, 15) is 0 Å². The molecule has 61 heavy (non-hydrogen) atoms. The van der Waals surface area contributed by atoms with Gasteiger partial charge in [0.2, 0.25) is 0 Å². The first-order chi connectivity index (χ1) is 30.3. The van der Waals surface area contributed by atoms with Gasteiger partial charge in [-0.25, -0.2) is 0 Å². The van der Waals surface area contributed by atoms with E-state index in [2.05, 4.69) is 229 Å². The van der Waals surface area contributed by atoms with E-state index >= 15 is 0 Å². The summed E-state index contributed by atoms with van der Waals surface area (Å²) in [6, 6.07) is 83.4. The highest BCUT2D eigenvalue weighted by Gasteiger charge is 2.52. The number of benzene rings is 10. The standard InChI is InChI=1S/C59H37NS/c1-2-18-38(19-3-1)60(54-33-17-35-56-58(54)48-27-11-15-34-55(48)61-56)53-37-36-42(40-21-6-7-25-45(40)53)39-20-4-5-22-41(39)46-28-16-32-52-57(46)47-26-10-14-31-51(47)59(52)49-29-12-8-23-43(49)44-24-9-13-30-50(44)59/h1-37H. The van der Waals surface area contributed by atoms with E-state index in [1.807, 2.05) is 11.3 Å². The lowest BCUT2D eigenvalue weighted by Gasteiger charge is -2.30. The molecule has 11 aromatic rings. The van der Waals surface area contributed by atoms with E-state index < -0.39 is 5.41 Å². The monoisotopic (exact) mass is 791 g/mol. The molecule has 10 aromatic carbocycles. The van der Waals surface area contributed by atoms with Gasteiger partial charge in [0.15, 0.2) is 0 Å². The molecule has 0 atom stereocenters. The van der Waals surface area contributed by atoms with E-state index in [0.29, 0.717) is 0 Å². The summed E-state index contributed by atoms with van der Waals surface area (Å²) >= 11 is 1.86. The molecule has 0 N–H and O–H groups in total. The van der Waals surface area contributed by atoms with E-state index in [0.717, 1.165) is 11.4 Å². The molecule has 0 fully saturated rings. The molecular weight excluding hydrogens is 755 g/mol. The van der Waals surface area contributed by atoms with Crippen LogP contribution in [0.3, 0.4) is 0 Å². The summed E-state index contributed by atoms with van der Waals surface area (Å²) in [5, 5.41) is 5.00. The summed E-state index contributed by atoms with van der Waals surface area (Å²) in [6.07, 6.45) is 0. The highest BCUT2D eigenvalue weighted by atomic mass is 32.1. The maximum Gasteiger partial charge on any atom is 0.0725 e. The summed E-state index contributed by atoms with van der Waals surface area (Å²) in [5.74, 6) is 0. The Labute approximate surface area is 359 Å². The fourth-order valence-electron chi connectivity index (χ4n) is 11.0. The molecule has 2 aliphatic carbocycles. The van der Waals surface area contributed by atoms with Crippen LogP contribution in [-0.4, -0.2) is 0 Å². The lowest BCUT2D eigenvalue weighted by Crippen LogP contribution is -2.25. The summed E-state index contributed by atoms with van der Waals surface area (Å²) in [5.41, 5.74) is 18.7. The topological polar surface area (TPSA) is 3.24 Å². The van der Waals surface area contributed by atoms with Crippen molar-refractivity contribution in [3.63, 3.8) is 0 Å². The zero-order chi connectivity index (χ0) is 40.1. The van der Waals surface area contributed by atoms with Crippen molar-refractivity contribution in [1.82, 2.24) is 0 Å². The molecular formula is C59H37NS. The van der Waals surface area contributed by atoms with E-state index in [4.69, 9.17) is 0 Å². The van der Waals surface area contributed by atoms with Crippen LogP contribution in [0.5, 0.6) is 0 Å². The molecule has 0 unspecified atom stereocenters. The van der Waals surface area contributed by atoms with Crippen LogP contribution in [-0.2, 0) is 5.41 Å². The third kappa shape index (κ3) is 4.77. The third-order valence-electron chi connectivity index (χ3n) is 13.3. The first kappa shape index (κ1) is 34.4. The van der Waals surface area contributed by atoms with Gasteiger partial charge in [0.1, 0.15) is 0 Å². The fraction of sp³-hybridized carbons (Fsp3) is 0.0169. The largest absolute Gasteiger partial charge is 0.309 e. The molecule has 1 aromatic heterocycles. The summed E-state index contributed by atoms with van der Waals surface area (Å²) in [4.78, 5) is 2.47. The van der Waals surface area contributed by atoms with Crippen LogP contribution in [0.2, 0.25) is 0 Å². The number of nitrogens with zero attached hydrogens (tertiary/aromatic N) is 1. The second-order valence-electron chi connectivity index (χ2n) is 16.3. The van der Waals surface area contributed by atoms with Crippen molar-refractivity contribution in [2.75, 3.05) is 4.90 Å². The molecule has 2 heteroatoms. The predicted molar refractivity (Wildman–Crippen MR) is 259 cm³/mol. The fourth-order valence-corrected chi connectivity index (χ4v) is 12.1. The second kappa shape index (κ2) is 13.2. The Bertz CT molecular complexity index is 3510. The van der Waals surface area contributed by atoms with Crippen LogP contribution < -0.4 is 4.90 Å². The lowest BCUT2D eigenvalue weighted by atomic mass is 9.70. The second-order valence-corrected chi connectivity index (χ2v) is 17.3. The molecule has 1 heterocycles. The van der Waals surface area contributed by atoms with Crippen molar-refractivity contribution in [2.24, 2.45) is 0 Å². The average molecular weight is 792 g/mol. The van der Waals surface area contributed by atoms with E-state index in [1.54, 1.807) is 0 Å². The Hall–Kier alpha value is -7.52. The highest BCUT2D eigenvalue weighted by molar-refractivity contribution is 7.26. The van der Waals surface area contributed by atoms with Crippen molar-refractivity contribution >= 4 is 59.3 Å². The molecule has 0 aliphatic heterocycles. The molecule has 0 saturated carbocycles. The van der Waals surface area contributed by atoms with Crippen molar-refractivity contribution in [1.29, 1.82) is 0 Å². The number of hydrogen-bond acceptors (Lipinski definition) is 2. The first-order valence-corrected chi connectivity index (χ1v) is 21.9. The number of fused-ring (bicyclic) bond motifs is 14. The molecule has 1 nitrogen and oxygen atoms in total. The summed E-state index contributed by atoms with van der Waals surface area (Å²) in [7, 11) is 0. The maximum atomic E-state index is 2.47. The van der Waals surface area contributed by atoms with Gasteiger partial charge >= 0.3 is 0 Å². The molecule has 0 saturated heterocycles. The van der Waals surface area contributed by atoms with Crippen LogP contribution in [0.4, 0.5) is 17.1 Å². The molecule has 0 radical (unpaired) electrons. The van der Waals surface area contributed by atoms with Crippen molar-refractivity contribution in [3.8, 4) is 44.5 Å². The zero-order valence-electron chi connectivity index (χ0n) is 33.2. The van der Waals surface area contributed by atoms with Crippen LogP contribution in [0, 0.1) is 0 Å². The quantitative estimate of drug-likeness (QED) is 0.168. The Morgan fingerprint density at radius 3 is 1.54 bits per heavy atom. The average Bonchev–Trinajstić information content (AvgIpc) is 3.97. The molecule has 13 rings (SSSR count). The number of hydrogen-bond donors (Lipinski definition) is 0. The van der Waals surface area contributed by atoms with Crippen molar-refractivity contribution < 1.29 is 0 Å². The number of rotatable bonds is 5. The highest BCUT2D eigenvalue weighted by Crippen LogP contribution is 2.64. The van der Waals surface area contributed by atoms with Gasteiger partial charge in [0, 0.05) is 31.2 Å². The van der Waals surface area contributed by atoms with Gasteiger partial charge in [0.05, 0.1) is 16.8 Å². The van der Waals surface area contributed by atoms with Gasteiger partial charge in [-0.3, -0.25) is 0 Å². The lowest BCUT2D eigenvalue weighted by molar-refractivity contribution is 0.794. The van der Waals surface area contributed by atoms with Crippen LogP contribution >= 0.6 is 11.3 Å². The van der Waals surface area contributed by atoms with Gasteiger partial charge in [-0.15, -0.1) is 11.3 Å². The van der Waals surface area contributed by atoms with Gasteiger partial charge in [-0.1, -0.05) is 188 Å². The maximum absolute atomic E-state index is 2.47. The number of anilines is 3. The minimum atomic E-state index is -0.393. The van der Waals surface area contributed by atoms with Crippen molar-refractivity contribution in [2.45, 2.75) is 5.41 Å². The van der Waals surface area contributed by atoms with E-state index in [-0.39, 0.29) is 0 Å². The van der Waals surface area contributed by atoms with Crippen LogP contribution in [0.1, 0.15) is 22.3 Å². The normalized spacial score (nSPS) is 13.0. The van der Waals surface area contributed by atoms with Gasteiger partial charge in [-0.2, -0.15) is 0 Å². The van der Waals surface area contributed by atoms with Crippen molar-refractivity contribution in [3.05, 3.63) is 247 Å². The molecule has 0 amide bonds. The van der Waals surface area contributed by atoms with Gasteiger partial charge < -0.3 is 4.90 Å². The number of thiophene rings is 1. The van der Waals surface area contributed by atoms with Gasteiger partial charge in [-0.05, 0) is 109 Å². The Morgan fingerprint density at radius 1 is 0.295 bits per heavy atom. The molecule has 1 spiro atoms. The Balaban J connectivity index is 1.04. The Kier molecular flexibility index (Phi) is 7.46. The Morgan fingerprint density at radius 2 is 0.803 bits per heavy atom. The van der Waals surface area contributed by atoms with Gasteiger partial charge in [0.25, 0.3) is 0 Å². The first-order valence-electron chi connectivity index (χ1n) is 21.1. The van der Waals surface area contributed by atoms with Crippen LogP contribution in [0.25, 0.3) is 75.5 Å². The molecule has 284 valence electrons.